The summed E-state index contributed by atoms with van der Waals surface area (Å²) in [5.74, 6) is -0.365. The molecule has 0 atom stereocenters. The molecular formula is C23H20ClN5O. The van der Waals surface area contributed by atoms with Crippen LogP contribution in [0.2, 0.25) is 5.02 Å². The molecule has 0 saturated carbocycles. The van der Waals surface area contributed by atoms with Crippen LogP contribution in [0.3, 0.4) is 0 Å². The van der Waals surface area contributed by atoms with Gasteiger partial charge in [0, 0.05) is 11.6 Å². The van der Waals surface area contributed by atoms with Gasteiger partial charge in [0.05, 0.1) is 17.6 Å². The number of halogens is 1. The van der Waals surface area contributed by atoms with Crippen LogP contribution in [0.15, 0.2) is 79.0 Å². The molecular weight excluding hydrogens is 398 g/mol. The van der Waals surface area contributed by atoms with Gasteiger partial charge in [-0.05, 0) is 41.3 Å². The Balaban J connectivity index is 1.45. The predicted octanol–water partition coefficient (Wildman–Crippen LogP) is 4.68. The minimum Gasteiger partial charge on any atom is -0.397 e. The van der Waals surface area contributed by atoms with Gasteiger partial charge in [-0.15, -0.1) is 5.10 Å². The summed E-state index contributed by atoms with van der Waals surface area (Å²) in [6.07, 6.45) is 2.31. The summed E-state index contributed by atoms with van der Waals surface area (Å²) in [4.78, 5) is 12.7. The van der Waals surface area contributed by atoms with Crippen LogP contribution in [0.4, 0.5) is 11.4 Å². The molecule has 30 heavy (non-hydrogen) atoms. The zero-order valence-electron chi connectivity index (χ0n) is 16.1. The average molecular weight is 418 g/mol. The molecule has 4 aromatic rings. The summed E-state index contributed by atoms with van der Waals surface area (Å²) in [6, 6.07) is 23.1. The summed E-state index contributed by atoms with van der Waals surface area (Å²) < 4.78 is 1.63. The fourth-order valence-corrected chi connectivity index (χ4v) is 3.34. The van der Waals surface area contributed by atoms with E-state index in [4.69, 9.17) is 17.3 Å². The van der Waals surface area contributed by atoms with Crippen LogP contribution in [0, 0.1) is 0 Å². The predicted molar refractivity (Wildman–Crippen MR) is 119 cm³/mol. The maximum atomic E-state index is 12.7. The normalized spacial score (nSPS) is 10.7. The van der Waals surface area contributed by atoms with Crippen molar-refractivity contribution in [3.05, 3.63) is 95.3 Å². The first kappa shape index (κ1) is 19.7. The standard InChI is InChI=1S/C23H20ClN5O/c24-19-9-5-4-8-17(19)12-13-29-15-22(27-28-29)23(30)26-21-14-18(10-11-20(21)25)16-6-2-1-3-7-16/h1-11,14-15H,12-13,25H2,(H,26,30). The molecule has 0 aliphatic rings. The van der Waals surface area contributed by atoms with Gasteiger partial charge in [-0.1, -0.05) is 71.4 Å². The lowest BCUT2D eigenvalue weighted by atomic mass is 10.0. The maximum Gasteiger partial charge on any atom is 0.277 e. The van der Waals surface area contributed by atoms with Crippen LogP contribution in [0.1, 0.15) is 16.1 Å². The summed E-state index contributed by atoms with van der Waals surface area (Å²) in [5.41, 5.74) is 10.3. The molecule has 7 heteroatoms. The van der Waals surface area contributed by atoms with Crippen molar-refractivity contribution in [1.82, 2.24) is 15.0 Å². The first-order valence-corrected chi connectivity index (χ1v) is 9.88. The van der Waals surface area contributed by atoms with E-state index in [2.05, 4.69) is 15.6 Å². The molecule has 0 aliphatic carbocycles. The number of rotatable bonds is 6. The summed E-state index contributed by atoms with van der Waals surface area (Å²) in [6.45, 7) is 0.565. The van der Waals surface area contributed by atoms with Gasteiger partial charge in [-0.3, -0.25) is 9.48 Å². The van der Waals surface area contributed by atoms with Gasteiger partial charge in [-0.25, -0.2) is 0 Å². The zero-order valence-corrected chi connectivity index (χ0v) is 16.9. The zero-order chi connectivity index (χ0) is 20.9. The smallest absolute Gasteiger partial charge is 0.277 e. The number of anilines is 2. The summed E-state index contributed by atoms with van der Waals surface area (Å²) >= 11 is 6.19. The van der Waals surface area contributed by atoms with Crippen LogP contribution in [-0.2, 0) is 13.0 Å². The Kier molecular flexibility index (Phi) is 5.77. The second kappa shape index (κ2) is 8.80. The van der Waals surface area contributed by atoms with Gasteiger partial charge in [0.15, 0.2) is 5.69 Å². The summed E-state index contributed by atoms with van der Waals surface area (Å²) in [5, 5.41) is 11.6. The van der Waals surface area contributed by atoms with E-state index in [1.165, 1.54) is 0 Å². The van der Waals surface area contributed by atoms with Crippen molar-refractivity contribution in [3.8, 4) is 11.1 Å². The third-order valence-electron chi connectivity index (χ3n) is 4.75. The number of nitrogen functional groups attached to an aromatic ring is 1. The molecule has 1 aromatic heterocycles. The van der Waals surface area contributed by atoms with E-state index in [1.807, 2.05) is 66.7 Å². The van der Waals surface area contributed by atoms with Gasteiger partial charge >= 0.3 is 0 Å². The molecule has 0 saturated heterocycles. The van der Waals surface area contributed by atoms with Crippen molar-refractivity contribution < 1.29 is 4.79 Å². The molecule has 0 spiro atoms. The highest BCUT2D eigenvalue weighted by atomic mass is 35.5. The van der Waals surface area contributed by atoms with Crippen molar-refractivity contribution in [1.29, 1.82) is 0 Å². The van der Waals surface area contributed by atoms with Crippen molar-refractivity contribution >= 4 is 28.9 Å². The Morgan fingerprint density at radius 1 is 1.00 bits per heavy atom. The fourth-order valence-electron chi connectivity index (χ4n) is 3.11. The molecule has 3 aromatic carbocycles. The molecule has 1 amide bonds. The van der Waals surface area contributed by atoms with Gasteiger partial charge in [0.2, 0.25) is 0 Å². The van der Waals surface area contributed by atoms with Crippen LogP contribution in [-0.4, -0.2) is 20.9 Å². The fraction of sp³-hybridized carbons (Fsp3) is 0.0870. The van der Waals surface area contributed by atoms with Crippen LogP contribution in [0.5, 0.6) is 0 Å². The number of hydrogen-bond donors (Lipinski definition) is 2. The number of nitrogens with one attached hydrogen (secondary N) is 1. The number of carbonyl (C=O) groups excluding carboxylic acids is 1. The van der Waals surface area contributed by atoms with Gasteiger partial charge < -0.3 is 11.1 Å². The molecule has 6 nitrogen and oxygen atoms in total. The highest BCUT2D eigenvalue weighted by Crippen LogP contribution is 2.27. The monoisotopic (exact) mass is 417 g/mol. The molecule has 1 heterocycles. The Labute approximate surface area is 179 Å². The number of benzene rings is 3. The first-order chi connectivity index (χ1) is 14.6. The number of nitrogens with zero attached hydrogens (tertiary/aromatic N) is 3. The lowest BCUT2D eigenvalue weighted by Gasteiger charge is -2.09. The number of aromatic nitrogens is 3. The first-order valence-electron chi connectivity index (χ1n) is 9.50. The van der Waals surface area contributed by atoms with E-state index in [-0.39, 0.29) is 11.6 Å². The number of amides is 1. The van der Waals surface area contributed by atoms with E-state index in [0.717, 1.165) is 16.7 Å². The minimum absolute atomic E-state index is 0.221. The quantitative estimate of drug-likeness (QED) is 0.446. The molecule has 150 valence electrons. The summed E-state index contributed by atoms with van der Waals surface area (Å²) in [7, 11) is 0. The lowest BCUT2D eigenvalue weighted by Crippen LogP contribution is -2.14. The Morgan fingerprint density at radius 3 is 2.57 bits per heavy atom. The highest BCUT2D eigenvalue weighted by Gasteiger charge is 2.13. The average Bonchev–Trinajstić information content (AvgIpc) is 3.24. The minimum atomic E-state index is -0.365. The number of aryl methyl sites for hydroxylation is 2. The topological polar surface area (TPSA) is 85.8 Å². The van der Waals surface area contributed by atoms with Crippen LogP contribution >= 0.6 is 11.6 Å². The molecule has 3 N–H and O–H groups in total. The molecule has 0 aliphatic heterocycles. The van der Waals surface area contributed by atoms with Gasteiger partial charge in [0.1, 0.15) is 0 Å². The van der Waals surface area contributed by atoms with E-state index >= 15 is 0 Å². The van der Waals surface area contributed by atoms with Crippen LogP contribution < -0.4 is 11.1 Å². The highest BCUT2D eigenvalue weighted by molar-refractivity contribution is 6.31. The van der Waals surface area contributed by atoms with Crippen molar-refractivity contribution in [2.75, 3.05) is 11.1 Å². The number of carbonyl (C=O) groups is 1. The van der Waals surface area contributed by atoms with E-state index in [0.29, 0.717) is 29.4 Å². The van der Waals surface area contributed by atoms with E-state index in [9.17, 15) is 4.79 Å². The molecule has 0 fully saturated rings. The second-order valence-electron chi connectivity index (χ2n) is 6.83. The van der Waals surface area contributed by atoms with E-state index < -0.39 is 0 Å². The number of hydrogen-bond acceptors (Lipinski definition) is 4. The third-order valence-corrected chi connectivity index (χ3v) is 5.12. The third kappa shape index (κ3) is 4.50. The largest absolute Gasteiger partial charge is 0.397 e. The van der Waals surface area contributed by atoms with Crippen molar-refractivity contribution in [3.63, 3.8) is 0 Å². The lowest BCUT2D eigenvalue weighted by molar-refractivity contribution is 0.102. The van der Waals surface area contributed by atoms with Crippen LogP contribution in [0.25, 0.3) is 11.1 Å². The Hall–Kier alpha value is -3.64. The molecule has 4 rings (SSSR count). The van der Waals surface area contributed by atoms with Gasteiger partial charge in [0.25, 0.3) is 5.91 Å². The van der Waals surface area contributed by atoms with E-state index in [1.54, 1.807) is 16.9 Å². The second-order valence-corrected chi connectivity index (χ2v) is 7.24. The maximum absolute atomic E-state index is 12.7. The van der Waals surface area contributed by atoms with Gasteiger partial charge in [-0.2, -0.15) is 0 Å². The van der Waals surface area contributed by atoms with Crippen molar-refractivity contribution in [2.45, 2.75) is 13.0 Å². The molecule has 0 unspecified atom stereocenters. The number of nitrogens with two attached hydrogens (primary N) is 1. The molecule has 0 bridgehead atoms. The van der Waals surface area contributed by atoms with Crippen molar-refractivity contribution in [2.24, 2.45) is 0 Å². The Morgan fingerprint density at radius 2 is 1.77 bits per heavy atom. The molecule has 0 radical (unpaired) electrons. The SMILES string of the molecule is Nc1ccc(-c2ccccc2)cc1NC(=O)c1cn(CCc2ccccc2Cl)nn1. The Bertz CT molecular complexity index is 1170.